The molecule has 1 saturated heterocycles. The monoisotopic (exact) mass is 418 g/mol. The fourth-order valence-corrected chi connectivity index (χ4v) is 3.82. The van der Waals surface area contributed by atoms with Gasteiger partial charge in [-0.15, -0.1) is 0 Å². The van der Waals surface area contributed by atoms with Gasteiger partial charge in [-0.25, -0.2) is 27.7 Å². The highest BCUT2D eigenvalue weighted by Crippen LogP contribution is 2.43. The summed E-state index contributed by atoms with van der Waals surface area (Å²) in [6.45, 7) is 0.735. The molecule has 0 radical (unpaired) electrons. The van der Waals surface area contributed by atoms with E-state index in [9.17, 15) is 13.2 Å². The summed E-state index contributed by atoms with van der Waals surface area (Å²) in [5.41, 5.74) is 1.49. The molecule has 0 amide bonds. The number of methoxy groups -OCH3 is 1. The molecular formula is C20H21F3N6O. The van der Waals surface area contributed by atoms with Crippen LogP contribution in [0.25, 0.3) is 17.0 Å². The van der Waals surface area contributed by atoms with Crippen molar-refractivity contribution in [1.29, 1.82) is 0 Å². The number of fused-ring (bicyclic) bond motifs is 1. The van der Waals surface area contributed by atoms with Gasteiger partial charge in [0.25, 0.3) is 0 Å². The minimum atomic E-state index is -1.03. The van der Waals surface area contributed by atoms with Gasteiger partial charge in [-0.05, 0) is 12.8 Å². The Kier molecular flexibility index (Phi) is 4.73. The first-order valence-corrected chi connectivity index (χ1v) is 9.94. The second kappa shape index (κ2) is 7.42. The summed E-state index contributed by atoms with van der Waals surface area (Å²) in [5, 5.41) is 10.4. The van der Waals surface area contributed by atoms with E-state index >= 15 is 0 Å². The minimum Gasteiger partial charge on any atom is -0.495 e. The number of aromatic nitrogens is 4. The Labute approximate surface area is 170 Å². The van der Waals surface area contributed by atoms with Crippen molar-refractivity contribution in [2.75, 3.05) is 25.5 Å². The Bertz CT molecular complexity index is 1100. The third-order valence-electron chi connectivity index (χ3n) is 5.48. The van der Waals surface area contributed by atoms with Crippen molar-refractivity contribution in [3.05, 3.63) is 35.7 Å². The predicted octanol–water partition coefficient (Wildman–Crippen LogP) is 3.07. The second-order valence-electron chi connectivity index (χ2n) is 7.77. The Morgan fingerprint density at radius 3 is 2.77 bits per heavy atom. The van der Waals surface area contributed by atoms with Crippen LogP contribution in [0.2, 0.25) is 0 Å². The maximum absolute atomic E-state index is 14.7. The van der Waals surface area contributed by atoms with Crippen LogP contribution in [0.1, 0.15) is 30.9 Å². The number of piperidine rings is 1. The van der Waals surface area contributed by atoms with E-state index in [0.717, 1.165) is 24.6 Å². The highest BCUT2D eigenvalue weighted by molar-refractivity contribution is 5.63. The molecule has 3 aromatic heterocycles. The number of alkyl halides is 1. The van der Waals surface area contributed by atoms with Crippen LogP contribution in [0, 0.1) is 11.6 Å². The topological polar surface area (TPSA) is 76.4 Å². The SMILES string of the molecule is COc1cc2ncc(-c3nc(NC4CNC[C@@H](F)C4)c(F)cc3F)n2nc1C1CC1. The summed E-state index contributed by atoms with van der Waals surface area (Å²) in [6.07, 6.45) is 2.67. The van der Waals surface area contributed by atoms with Crippen molar-refractivity contribution < 1.29 is 17.9 Å². The third-order valence-corrected chi connectivity index (χ3v) is 5.48. The maximum Gasteiger partial charge on any atom is 0.168 e. The molecule has 2 fully saturated rings. The molecule has 0 spiro atoms. The molecule has 158 valence electrons. The van der Waals surface area contributed by atoms with E-state index < -0.39 is 17.8 Å². The molecule has 7 nitrogen and oxygen atoms in total. The number of imidazole rings is 1. The molecule has 1 unspecified atom stereocenters. The number of halogens is 3. The van der Waals surface area contributed by atoms with Crippen molar-refractivity contribution >= 4 is 11.5 Å². The maximum atomic E-state index is 14.7. The lowest BCUT2D eigenvalue weighted by Crippen LogP contribution is -2.44. The molecule has 2 N–H and O–H groups in total. The first-order valence-electron chi connectivity index (χ1n) is 9.94. The van der Waals surface area contributed by atoms with Crippen LogP contribution in [0.4, 0.5) is 19.0 Å². The highest BCUT2D eigenvalue weighted by atomic mass is 19.1. The van der Waals surface area contributed by atoms with E-state index in [1.165, 1.54) is 10.7 Å². The van der Waals surface area contributed by atoms with Gasteiger partial charge in [-0.1, -0.05) is 0 Å². The number of anilines is 1. The lowest BCUT2D eigenvalue weighted by Gasteiger charge is -2.27. The summed E-state index contributed by atoms with van der Waals surface area (Å²) < 4.78 is 49.6. The van der Waals surface area contributed by atoms with Crippen molar-refractivity contribution in [1.82, 2.24) is 24.9 Å². The molecule has 10 heteroatoms. The van der Waals surface area contributed by atoms with E-state index in [2.05, 4.69) is 25.7 Å². The van der Waals surface area contributed by atoms with Gasteiger partial charge in [-0.2, -0.15) is 5.10 Å². The summed E-state index contributed by atoms with van der Waals surface area (Å²) in [5.74, 6) is -0.842. The van der Waals surface area contributed by atoms with Crippen LogP contribution < -0.4 is 15.4 Å². The Morgan fingerprint density at radius 1 is 1.20 bits per heavy atom. The van der Waals surface area contributed by atoms with Crippen LogP contribution in [0.3, 0.4) is 0 Å². The van der Waals surface area contributed by atoms with Gasteiger partial charge in [0.05, 0.1) is 13.3 Å². The molecule has 5 rings (SSSR count). The molecule has 2 aliphatic rings. The number of pyridine rings is 1. The molecule has 1 saturated carbocycles. The van der Waals surface area contributed by atoms with Gasteiger partial charge in [0.1, 0.15) is 29.0 Å². The number of ether oxygens (including phenoxy) is 1. The first-order chi connectivity index (χ1) is 14.5. The van der Waals surface area contributed by atoms with E-state index in [1.54, 1.807) is 13.2 Å². The van der Waals surface area contributed by atoms with Crippen LogP contribution >= 0.6 is 0 Å². The Balaban J connectivity index is 1.55. The van der Waals surface area contributed by atoms with Crippen molar-refractivity contribution in [2.24, 2.45) is 0 Å². The average molecular weight is 418 g/mol. The summed E-state index contributed by atoms with van der Waals surface area (Å²) in [6, 6.07) is 2.18. The number of nitrogens with zero attached hydrogens (tertiary/aromatic N) is 4. The molecule has 4 heterocycles. The van der Waals surface area contributed by atoms with Gasteiger partial charge < -0.3 is 15.4 Å². The zero-order chi connectivity index (χ0) is 20.8. The number of hydrogen-bond acceptors (Lipinski definition) is 6. The van der Waals surface area contributed by atoms with E-state index in [-0.39, 0.29) is 30.5 Å². The van der Waals surface area contributed by atoms with Crippen LogP contribution in [0.5, 0.6) is 5.75 Å². The smallest absolute Gasteiger partial charge is 0.168 e. The fraction of sp³-hybridized carbons (Fsp3) is 0.450. The first kappa shape index (κ1) is 19.1. The third kappa shape index (κ3) is 3.45. The summed E-state index contributed by atoms with van der Waals surface area (Å²) in [7, 11) is 1.57. The molecule has 3 aromatic rings. The number of nitrogens with one attached hydrogen (secondary N) is 2. The van der Waals surface area contributed by atoms with E-state index in [4.69, 9.17) is 4.74 Å². The molecule has 1 aliphatic heterocycles. The van der Waals surface area contributed by atoms with Crippen molar-refractivity contribution in [3.8, 4) is 17.1 Å². The van der Waals surface area contributed by atoms with Crippen LogP contribution in [-0.4, -0.2) is 52.0 Å². The average Bonchev–Trinajstić information content (AvgIpc) is 3.49. The minimum absolute atomic E-state index is 0.0774. The van der Waals surface area contributed by atoms with Crippen molar-refractivity contribution in [3.63, 3.8) is 0 Å². The molecule has 1 aliphatic carbocycles. The Hall–Kier alpha value is -2.88. The lowest BCUT2D eigenvalue weighted by atomic mass is 10.1. The quantitative estimate of drug-likeness (QED) is 0.663. The van der Waals surface area contributed by atoms with Crippen LogP contribution in [0.15, 0.2) is 18.3 Å². The lowest BCUT2D eigenvalue weighted by molar-refractivity contribution is 0.254. The molecule has 2 atom stereocenters. The molecular weight excluding hydrogens is 397 g/mol. The molecule has 30 heavy (non-hydrogen) atoms. The number of hydrogen-bond donors (Lipinski definition) is 2. The van der Waals surface area contributed by atoms with E-state index in [1.807, 2.05) is 0 Å². The fourth-order valence-electron chi connectivity index (χ4n) is 3.82. The zero-order valence-corrected chi connectivity index (χ0v) is 16.3. The van der Waals surface area contributed by atoms with E-state index in [0.29, 0.717) is 29.6 Å². The van der Waals surface area contributed by atoms with Crippen molar-refractivity contribution in [2.45, 2.75) is 37.4 Å². The summed E-state index contributed by atoms with van der Waals surface area (Å²) >= 11 is 0. The van der Waals surface area contributed by atoms with Gasteiger partial charge in [0, 0.05) is 43.6 Å². The predicted molar refractivity (Wildman–Crippen MR) is 104 cm³/mol. The van der Waals surface area contributed by atoms with Gasteiger partial charge in [-0.3, -0.25) is 0 Å². The Morgan fingerprint density at radius 2 is 2.03 bits per heavy atom. The molecule has 0 bridgehead atoms. The largest absolute Gasteiger partial charge is 0.495 e. The zero-order valence-electron chi connectivity index (χ0n) is 16.3. The standard InChI is InChI=1S/C20H21F3N6O/c1-30-16-6-17-25-9-15(29(17)28-18(16)10-2-3-10)19-13(22)5-14(23)20(27-19)26-12-4-11(21)7-24-8-12/h5-6,9-12,24H,2-4,7-8H2,1H3,(H,26,27)/t11-,12?/m0/s1. The second-order valence-corrected chi connectivity index (χ2v) is 7.77. The summed E-state index contributed by atoms with van der Waals surface area (Å²) in [4.78, 5) is 8.46. The number of rotatable bonds is 5. The molecule has 0 aromatic carbocycles. The van der Waals surface area contributed by atoms with Gasteiger partial charge >= 0.3 is 0 Å². The normalized spacial score (nSPS) is 21.7. The van der Waals surface area contributed by atoms with Crippen LogP contribution in [-0.2, 0) is 0 Å². The van der Waals surface area contributed by atoms with Gasteiger partial charge in [0.2, 0.25) is 0 Å². The van der Waals surface area contributed by atoms with Gasteiger partial charge in [0.15, 0.2) is 23.1 Å². The highest BCUT2D eigenvalue weighted by Gasteiger charge is 2.30.